The predicted molar refractivity (Wildman–Crippen MR) is 101 cm³/mol. The van der Waals surface area contributed by atoms with Crippen molar-refractivity contribution in [3.8, 4) is 11.1 Å². The third-order valence-corrected chi connectivity index (χ3v) is 4.32. The summed E-state index contributed by atoms with van der Waals surface area (Å²) in [6.45, 7) is 0. The predicted octanol–water partition coefficient (Wildman–Crippen LogP) is 3.95. The third-order valence-electron chi connectivity index (χ3n) is 4.09. The van der Waals surface area contributed by atoms with Crippen LogP contribution in [0.3, 0.4) is 0 Å². The number of hydrogen-bond acceptors (Lipinski definition) is 4. The van der Waals surface area contributed by atoms with Crippen LogP contribution in [0.5, 0.6) is 0 Å². The maximum atomic E-state index is 14.0. The first kappa shape index (κ1) is 19.6. The molecule has 2 aromatic carbocycles. The van der Waals surface area contributed by atoms with E-state index in [1.54, 1.807) is 24.3 Å². The fourth-order valence-corrected chi connectivity index (χ4v) is 2.97. The summed E-state index contributed by atoms with van der Waals surface area (Å²) in [4.78, 5) is 26.9. The molecule has 1 aromatic heterocycles. The Morgan fingerprint density at radius 3 is 2.61 bits per heavy atom. The first-order valence-corrected chi connectivity index (χ1v) is 8.75. The first-order chi connectivity index (χ1) is 13.4. The van der Waals surface area contributed by atoms with Crippen molar-refractivity contribution in [2.24, 2.45) is 0 Å². The van der Waals surface area contributed by atoms with Gasteiger partial charge in [0, 0.05) is 16.6 Å². The number of nitrogens with one attached hydrogen (secondary N) is 1. The van der Waals surface area contributed by atoms with Crippen LogP contribution in [0, 0.1) is 5.82 Å². The van der Waals surface area contributed by atoms with E-state index >= 15 is 0 Å². The van der Waals surface area contributed by atoms with Crippen LogP contribution in [0.4, 0.5) is 4.39 Å². The molecular formula is C20H16ClFN2O4. The van der Waals surface area contributed by atoms with Gasteiger partial charge in [-0.1, -0.05) is 35.9 Å². The second-order valence-electron chi connectivity index (χ2n) is 6.16. The van der Waals surface area contributed by atoms with Gasteiger partial charge in [-0.2, -0.15) is 0 Å². The maximum absolute atomic E-state index is 14.0. The van der Waals surface area contributed by atoms with Gasteiger partial charge in [0.25, 0.3) is 5.91 Å². The molecule has 144 valence electrons. The van der Waals surface area contributed by atoms with Crippen LogP contribution in [0.25, 0.3) is 11.1 Å². The number of benzene rings is 2. The van der Waals surface area contributed by atoms with Gasteiger partial charge in [0.2, 0.25) is 5.76 Å². The highest BCUT2D eigenvalue weighted by Crippen LogP contribution is 2.26. The Bertz CT molecular complexity index is 974. The summed E-state index contributed by atoms with van der Waals surface area (Å²) in [5.41, 5.74) is 1.80. The molecule has 1 heterocycles. The van der Waals surface area contributed by atoms with Crippen molar-refractivity contribution in [3.63, 3.8) is 0 Å². The van der Waals surface area contributed by atoms with Crippen molar-refractivity contribution in [1.29, 1.82) is 0 Å². The van der Waals surface area contributed by atoms with E-state index in [0.29, 0.717) is 16.1 Å². The summed E-state index contributed by atoms with van der Waals surface area (Å²) in [6.07, 6.45) is 2.39. The van der Waals surface area contributed by atoms with Crippen molar-refractivity contribution >= 4 is 23.5 Å². The lowest BCUT2D eigenvalue weighted by Gasteiger charge is -2.16. The number of carbonyl (C=O) groups is 2. The van der Waals surface area contributed by atoms with Crippen molar-refractivity contribution in [2.75, 3.05) is 0 Å². The molecule has 1 unspecified atom stereocenters. The summed E-state index contributed by atoms with van der Waals surface area (Å²) in [5, 5.41) is 12.2. The Morgan fingerprint density at radius 1 is 1.21 bits per heavy atom. The molecule has 0 aliphatic carbocycles. The molecule has 3 rings (SSSR count). The van der Waals surface area contributed by atoms with Gasteiger partial charge in [0.1, 0.15) is 5.82 Å². The highest BCUT2D eigenvalue weighted by Gasteiger charge is 2.19. The molecule has 0 spiro atoms. The van der Waals surface area contributed by atoms with Gasteiger partial charge in [-0.3, -0.25) is 9.59 Å². The topological polar surface area (TPSA) is 92.4 Å². The Labute approximate surface area is 165 Å². The van der Waals surface area contributed by atoms with Gasteiger partial charge >= 0.3 is 5.97 Å². The molecule has 8 heteroatoms. The van der Waals surface area contributed by atoms with Crippen LogP contribution < -0.4 is 5.32 Å². The lowest BCUT2D eigenvalue weighted by atomic mass is 9.99. The molecule has 0 saturated heterocycles. The fraction of sp³-hybridized carbons (Fsp3) is 0.150. The van der Waals surface area contributed by atoms with Crippen LogP contribution >= 0.6 is 11.6 Å². The average molecular weight is 403 g/mol. The van der Waals surface area contributed by atoms with Gasteiger partial charge in [-0.05, 0) is 35.7 Å². The number of aliphatic carboxylic acids is 1. The molecule has 0 radical (unpaired) electrons. The quantitative estimate of drug-likeness (QED) is 0.624. The Hall–Kier alpha value is -3.19. The van der Waals surface area contributed by atoms with Crippen molar-refractivity contribution in [1.82, 2.24) is 10.3 Å². The molecule has 0 aliphatic rings. The number of rotatable bonds is 7. The number of amides is 1. The summed E-state index contributed by atoms with van der Waals surface area (Å²) < 4.78 is 18.9. The Kier molecular flexibility index (Phi) is 6.06. The monoisotopic (exact) mass is 402 g/mol. The zero-order valence-corrected chi connectivity index (χ0v) is 15.3. The summed E-state index contributed by atoms with van der Waals surface area (Å²) >= 11 is 5.93. The molecule has 3 aromatic rings. The minimum absolute atomic E-state index is 0.00201. The average Bonchev–Trinajstić information content (AvgIpc) is 3.19. The molecule has 2 N–H and O–H groups in total. The van der Waals surface area contributed by atoms with Crippen LogP contribution in [0.15, 0.2) is 59.5 Å². The zero-order valence-electron chi connectivity index (χ0n) is 14.6. The number of carbonyl (C=O) groups excluding carboxylic acids is 1. The smallest absolute Gasteiger partial charge is 0.305 e. The number of nitrogens with zero attached hydrogens (tertiary/aromatic N) is 1. The molecule has 28 heavy (non-hydrogen) atoms. The van der Waals surface area contributed by atoms with Gasteiger partial charge in [-0.25, -0.2) is 9.37 Å². The standard InChI is InChI=1S/C20H16ClFN2O4/c21-14-5-6-17(22)16(8-14)13-3-1-12(2-4-13)7-15(9-19(25)26)24-20(27)18-10-23-11-28-18/h1-6,8,10-11,15H,7,9H2,(H,24,27)(H,25,26). The number of aromatic nitrogens is 1. The molecule has 0 saturated carbocycles. The Morgan fingerprint density at radius 2 is 1.96 bits per heavy atom. The van der Waals surface area contributed by atoms with Crippen LogP contribution in [0.1, 0.15) is 22.5 Å². The number of halogens is 2. The normalized spacial score (nSPS) is 11.8. The highest BCUT2D eigenvalue weighted by atomic mass is 35.5. The molecule has 0 fully saturated rings. The summed E-state index contributed by atoms with van der Waals surface area (Å²) in [5.74, 6) is -1.97. The molecular weight excluding hydrogens is 387 g/mol. The van der Waals surface area contributed by atoms with E-state index in [2.05, 4.69) is 10.3 Å². The largest absolute Gasteiger partial charge is 0.481 e. The van der Waals surface area contributed by atoms with Crippen LogP contribution in [0.2, 0.25) is 5.02 Å². The van der Waals surface area contributed by atoms with E-state index in [-0.39, 0.29) is 24.4 Å². The fourth-order valence-electron chi connectivity index (χ4n) is 2.79. The van der Waals surface area contributed by atoms with Gasteiger partial charge < -0.3 is 14.8 Å². The van der Waals surface area contributed by atoms with Gasteiger partial charge in [0.15, 0.2) is 6.39 Å². The Balaban J connectivity index is 1.74. The number of oxazole rings is 1. The van der Waals surface area contributed by atoms with Crippen LogP contribution in [-0.4, -0.2) is 28.0 Å². The molecule has 0 bridgehead atoms. The lowest BCUT2D eigenvalue weighted by molar-refractivity contribution is -0.137. The summed E-state index contributed by atoms with van der Waals surface area (Å²) in [6, 6.07) is 10.6. The lowest BCUT2D eigenvalue weighted by Crippen LogP contribution is -2.38. The first-order valence-electron chi connectivity index (χ1n) is 8.38. The second kappa shape index (κ2) is 8.67. The van der Waals surface area contributed by atoms with E-state index in [1.807, 2.05) is 0 Å². The van der Waals surface area contributed by atoms with E-state index < -0.39 is 17.9 Å². The molecule has 1 atom stereocenters. The van der Waals surface area contributed by atoms with Gasteiger partial charge in [-0.15, -0.1) is 0 Å². The SMILES string of the molecule is O=C(O)CC(Cc1ccc(-c2cc(Cl)ccc2F)cc1)NC(=O)c1cnco1. The molecule has 1 amide bonds. The van der Waals surface area contributed by atoms with Crippen molar-refractivity contribution < 1.29 is 23.5 Å². The minimum atomic E-state index is -1.04. The van der Waals surface area contributed by atoms with E-state index in [4.69, 9.17) is 21.1 Å². The van der Waals surface area contributed by atoms with E-state index in [1.165, 1.54) is 24.4 Å². The van der Waals surface area contributed by atoms with Crippen molar-refractivity contribution in [2.45, 2.75) is 18.9 Å². The number of carboxylic acid groups (broad SMARTS) is 1. The van der Waals surface area contributed by atoms with Gasteiger partial charge in [0.05, 0.1) is 12.6 Å². The summed E-state index contributed by atoms with van der Waals surface area (Å²) in [7, 11) is 0. The second-order valence-corrected chi connectivity index (χ2v) is 6.60. The highest BCUT2D eigenvalue weighted by molar-refractivity contribution is 6.30. The maximum Gasteiger partial charge on any atom is 0.305 e. The molecule has 0 aliphatic heterocycles. The third kappa shape index (κ3) is 4.95. The van der Waals surface area contributed by atoms with E-state index in [9.17, 15) is 14.0 Å². The van der Waals surface area contributed by atoms with Crippen molar-refractivity contribution in [3.05, 3.63) is 77.2 Å². The number of carboxylic acids is 1. The van der Waals surface area contributed by atoms with E-state index in [0.717, 1.165) is 12.0 Å². The minimum Gasteiger partial charge on any atom is -0.481 e. The van der Waals surface area contributed by atoms with Crippen LogP contribution in [-0.2, 0) is 11.2 Å². The zero-order chi connectivity index (χ0) is 20.1. The number of hydrogen-bond donors (Lipinski definition) is 2. The molecule has 6 nitrogen and oxygen atoms in total.